The van der Waals surface area contributed by atoms with Gasteiger partial charge in [0.2, 0.25) is 5.82 Å². The summed E-state index contributed by atoms with van der Waals surface area (Å²) >= 11 is 6.32. The van der Waals surface area contributed by atoms with Gasteiger partial charge in [-0.05, 0) is 56.3 Å². The molecule has 4 rings (SSSR count). The molecule has 0 aliphatic carbocycles. The van der Waals surface area contributed by atoms with Gasteiger partial charge in [0, 0.05) is 35.8 Å². The summed E-state index contributed by atoms with van der Waals surface area (Å²) in [6.07, 6.45) is -0.834. The number of hydrogen-bond acceptors (Lipinski definition) is 8. The lowest BCUT2D eigenvalue weighted by Crippen LogP contribution is -2.40. The number of ether oxygens (including phenoxy) is 2. The number of esters is 1. The molecule has 2 heterocycles. The number of nitrogens with zero attached hydrogens (tertiary/aromatic N) is 3. The van der Waals surface area contributed by atoms with Crippen molar-refractivity contribution in [2.24, 2.45) is 0 Å². The SMILES string of the molecule is COC(=O)C1CC(Nc2ccc(-c3nc(-c4ccc(OC(C)C)c(Cl)c4)no3)cc2)CN1C(=O)O. The highest BCUT2D eigenvalue weighted by molar-refractivity contribution is 6.32. The van der Waals surface area contributed by atoms with Crippen LogP contribution in [0.5, 0.6) is 5.75 Å². The van der Waals surface area contributed by atoms with Crippen molar-refractivity contribution in [3.8, 4) is 28.6 Å². The van der Waals surface area contributed by atoms with Gasteiger partial charge < -0.3 is 24.4 Å². The maximum absolute atomic E-state index is 11.9. The zero-order chi connectivity index (χ0) is 25.1. The summed E-state index contributed by atoms with van der Waals surface area (Å²) in [4.78, 5) is 28.9. The first-order valence-electron chi connectivity index (χ1n) is 11.0. The number of aromatic nitrogens is 2. The van der Waals surface area contributed by atoms with Gasteiger partial charge in [-0.2, -0.15) is 4.98 Å². The molecule has 35 heavy (non-hydrogen) atoms. The van der Waals surface area contributed by atoms with Crippen molar-refractivity contribution in [1.29, 1.82) is 0 Å². The number of methoxy groups -OCH3 is 1. The Labute approximate surface area is 206 Å². The van der Waals surface area contributed by atoms with Crippen LogP contribution in [0.25, 0.3) is 22.8 Å². The van der Waals surface area contributed by atoms with Crippen LogP contribution in [-0.4, -0.2) is 64.1 Å². The molecule has 0 radical (unpaired) electrons. The quantitative estimate of drug-likeness (QED) is 0.449. The molecule has 1 fully saturated rings. The number of rotatable bonds is 7. The zero-order valence-corrected chi connectivity index (χ0v) is 20.2. The number of anilines is 1. The van der Waals surface area contributed by atoms with Crippen LogP contribution in [0.2, 0.25) is 5.02 Å². The summed E-state index contributed by atoms with van der Waals surface area (Å²) in [5.74, 6) is 0.758. The normalized spacial score (nSPS) is 17.5. The van der Waals surface area contributed by atoms with E-state index in [1.807, 2.05) is 44.2 Å². The van der Waals surface area contributed by atoms with Crippen LogP contribution in [0.1, 0.15) is 20.3 Å². The summed E-state index contributed by atoms with van der Waals surface area (Å²) in [6, 6.07) is 11.5. The third kappa shape index (κ3) is 5.48. The summed E-state index contributed by atoms with van der Waals surface area (Å²) < 4.78 is 15.8. The fourth-order valence-electron chi connectivity index (χ4n) is 3.90. The number of hydrogen-bond donors (Lipinski definition) is 2. The van der Waals surface area contributed by atoms with Crippen LogP contribution < -0.4 is 10.1 Å². The minimum absolute atomic E-state index is 0.00615. The van der Waals surface area contributed by atoms with Gasteiger partial charge in [0.05, 0.1) is 18.2 Å². The van der Waals surface area contributed by atoms with Crippen molar-refractivity contribution < 1.29 is 28.7 Å². The molecule has 0 bridgehead atoms. The predicted molar refractivity (Wildman–Crippen MR) is 129 cm³/mol. The largest absolute Gasteiger partial charge is 0.489 e. The highest BCUT2D eigenvalue weighted by Crippen LogP contribution is 2.31. The molecular formula is C24H25ClN4O6. The van der Waals surface area contributed by atoms with Gasteiger partial charge in [-0.25, -0.2) is 9.59 Å². The Bertz CT molecular complexity index is 1210. The molecule has 0 saturated carbocycles. The molecule has 2 N–H and O–H groups in total. The predicted octanol–water partition coefficient (Wildman–Crippen LogP) is 4.55. The molecule has 1 amide bonds. The van der Waals surface area contributed by atoms with E-state index in [9.17, 15) is 14.7 Å². The first kappa shape index (κ1) is 24.3. The lowest BCUT2D eigenvalue weighted by atomic mass is 10.1. The van der Waals surface area contributed by atoms with Gasteiger partial charge in [0.1, 0.15) is 11.8 Å². The number of benzene rings is 2. The number of likely N-dealkylation sites (tertiary alicyclic amines) is 1. The van der Waals surface area contributed by atoms with Crippen LogP contribution in [0.3, 0.4) is 0 Å². The fourth-order valence-corrected chi connectivity index (χ4v) is 4.13. The minimum atomic E-state index is -1.16. The maximum atomic E-state index is 11.9. The number of nitrogens with one attached hydrogen (secondary N) is 1. The number of carboxylic acid groups (broad SMARTS) is 1. The van der Waals surface area contributed by atoms with E-state index in [1.165, 1.54) is 7.11 Å². The van der Waals surface area contributed by atoms with Crippen molar-refractivity contribution in [3.63, 3.8) is 0 Å². The third-order valence-electron chi connectivity index (χ3n) is 5.50. The molecule has 2 atom stereocenters. The molecule has 1 aromatic heterocycles. The molecule has 1 aliphatic heterocycles. The highest BCUT2D eigenvalue weighted by atomic mass is 35.5. The molecule has 184 valence electrons. The Morgan fingerprint density at radius 1 is 1.20 bits per heavy atom. The lowest BCUT2D eigenvalue weighted by Gasteiger charge is -2.18. The molecule has 0 spiro atoms. The van der Waals surface area contributed by atoms with E-state index in [-0.39, 0.29) is 18.7 Å². The van der Waals surface area contributed by atoms with E-state index >= 15 is 0 Å². The van der Waals surface area contributed by atoms with Crippen molar-refractivity contribution in [2.45, 2.75) is 38.5 Å². The van der Waals surface area contributed by atoms with Gasteiger partial charge >= 0.3 is 12.1 Å². The smallest absolute Gasteiger partial charge is 0.408 e. The standard InChI is InChI=1S/C24H25ClN4O6/c1-13(2)34-20-9-6-15(10-18(20)25)21-27-22(35-28-21)14-4-7-16(8-5-14)26-17-11-19(23(30)33-3)29(12-17)24(31)32/h4-10,13,17,19,26H,11-12H2,1-3H3,(H,31,32). The Morgan fingerprint density at radius 2 is 1.91 bits per heavy atom. The number of carbonyl (C=O) groups excluding carboxylic acids is 1. The van der Waals surface area contributed by atoms with Crippen LogP contribution in [0.4, 0.5) is 10.5 Å². The van der Waals surface area contributed by atoms with Crippen LogP contribution in [-0.2, 0) is 9.53 Å². The van der Waals surface area contributed by atoms with Crippen molar-refractivity contribution >= 4 is 29.4 Å². The third-order valence-corrected chi connectivity index (χ3v) is 5.80. The van der Waals surface area contributed by atoms with Gasteiger partial charge in [0.15, 0.2) is 0 Å². The summed E-state index contributed by atoms with van der Waals surface area (Å²) in [7, 11) is 1.25. The number of amides is 1. The molecule has 11 heteroatoms. The van der Waals surface area contributed by atoms with Gasteiger partial charge in [-0.3, -0.25) is 4.90 Å². The number of carbonyl (C=O) groups is 2. The molecule has 3 aromatic rings. The number of halogens is 1. The van der Waals surface area contributed by atoms with E-state index in [2.05, 4.69) is 15.5 Å². The lowest BCUT2D eigenvalue weighted by molar-refractivity contribution is -0.145. The summed E-state index contributed by atoms with van der Waals surface area (Å²) in [6.45, 7) is 4.02. The van der Waals surface area contributed by atoms with Crippen LogP contribution in [0, 0.1) is 0 Å². The summed E-state index contributed by atoms with van der Waals surface area (Å²) in [5.41, 5.74) is 2.18. The maximum Gasteiger partial charge on any atom is 0.408 e. The molecule has 2 aromatic carbocycles. The first-order chi connectivity index (χ1) is 16.7. The first-order valence-corrected chi connectivity index (χ1v) is 11.4. The van der Waals surface area contributed by atoms with Gasteiger partial charge in [-0.15, -0.1) is 0 Å². The second-order valence-electron chi connectivity index (χ2n) is 8.36. The second-order valence-corrected chi connectivity index (χ2v) is 8.77. The molecule has 10 nitrogen and oxygen atoms in total. The van der Waals surface area contributed by atoms with E-state index in [0.29, 0.717) is 40.0 Å². The Kier molecular flexibility index (Phi) is 7.11. The second kappa shape index (κ2) is 10.2. The Hall–Kier alpha value is -3.79. The zero-order valence-electron chi connectivity index (χ0n) is 19.4. The fraction of sp³-hybridized carbons (Fsp3) is 0.333. The molecule has 1 aliphatic rings. The minimum Gasteiger partial charge on any atom is -0.489 e. The Balaban J connectivity index is 1.43. The van der Waals surface area contributed by atoms with Crippen molar-refractivity contribution in [2.75, 3.05) is 19.0 Å². The van der Waals surface area contributed by atoms with E-state index in [1.54, 1.807) is 12.1 Å². The van der Waals surface area contributed by atoms with Gasteiger partial charge in [-0.1, -0.05) is 16.8 Å². The van der Waals surface area contributed by atoms with Crippen molar-refractivity contribution in [1.82, 2.24) is 15.0 Å². The monoisotopic (exact) mass is 500 g/mol. The van der Waals surface area contributed by atoms with E-state index < -0.39 is 18.1 Å². The molecule has 1 saturated heterocycles. The Morgan fingerprint density at radius 3 is 2.54 bits per heavy atom. The molecular weight excluding hydrogens is 476 g/mol. The van der Waals surface area contributed by atoms with Crippen molar-refractivity contribution in [3.05, 3.63) is 47.5 Å². The van der Waals surface area contributed by atoms with Gasteiger partial charge in [0.25, 0.3) is 5.89 Å². The molecule has 2 unspecified atom stereocenters. The van der Waals surface area contributed by atoms with Crippen LogP contribution >= 0.6 is 11.6 Å². The topological polar surface area (TPSA) is 127 Å². The van der Waals surface area contributed by atoms with E-state index in [4.69, 9.17) is 25.6 Å². The van der Waals surface area contributed by atoms with E-state index in [0.717, 1.165) is 10.6 Å². The summed E-state index contributed by atoms with van der Waals surface area (Å²) in [5, 5.41) is 17.1. The average Bonchev–Trinajstić information content (AvgIpc) is 3.48. The van der Waals surface area contributed by atoms with Crippen LogP contribution in [0.15, 0.2) is 47.0 Å². The average molecular weight is 501 g/mol. The highest BCUT2D eigenvalue weighted by Gasteiger charge is 2.40.